The van der Waals surface area contributed by atoms with Gasteiger partial charge in [-0.2, -0.15) is 0 Å². The Morgan fingerprint density at radius 2 is 2.06 bits per heavy atom. The molecule has 0 aliphatic carbocycles. The average Bonchev–Trinajstić information content (AvgIpc) is 3.05. The number of anilines is 1. The lowest BCUT2D eigenvalue weighted by Gasteiger charge is -2.31. The van der Waals surface area contributed by atoms with Crippen molar-refractivity contribution in [1.29, 1.82) is 10.9 Å². The van der Waals surface area contributed by atoms with Crippen LogP contribution in [0, 0.1) is 29.6 Å². The second-order valence-electron chi connectivity index (χ2n) is 8.41. The van der Waals surface area contributed by atoms with Crippen molar-refractivity contribution in [3.8, 4) is 0 Å². The molecule has 2 heterocycles. The fraction of sp³-hybridized carbons (Fsp3) is 0.545. The minimum Gasteiger partial charge on any atom is -0.360 e. The molecule has 0 radical (unpaired) electrons. The number of benzene rings is 1. The van der Waals surface area contributed by atoms with Crippen LogP contribution in [-0.4, -0.2) is 40.1 Å². The van der Waals surface area contributed by atoms with Gasteiger partial charge in [0.25, 0.3) is 0 Å². The van der Waals surface area contributed by atoms with Gasteiger partial charge < -0.3 is 4.90 Å². The third-order valence-electron chi connectivity index (χ3n) is 5.52. The first kappa shape index (κ1) is 23.8. The minimum absolute atomic E-state index is 0.118. The summed E-state index contributed by atoms with van der Waals surface area (Å²) in [5.41, 5.74) is 8.97. The van der Waals surface area contributed by atoms with E-state index in [0.29, 0.717) is 24.0 Å². The first-order valence-corrected chi connectivity index (χ1v) is 12.4. The van der Waals surface area contributed by atoms with Crippen molar-refractivity contribution in [1.82, 2.24) is 9.88 Å². The monoisotopic (exact) mass is 462 g/mol. The number of nitrogens with zero attached hydrogens (tertiary/aromatic N) is 4. The van der Waals surface area contributed by atoms with Gasteiger partial charge in [0.05, 0.1) is 28.5 Å². The Labute approximate surface area is 192 Å². The highest BCUT2D eigenvalue weighted by Gasteiger charge is 2.29. The van der Waals surface area contributed by atoms with Gasteiger partial charge in [-0.05, 0) is 50.8 Å². The van der Waals surface area contributed by atoms with Gasteiger partial charge in [0.15, 0.2) is 5.84 Å². The van der Waals surface area contributed by atoms with E-state index in [2.05, 4.69) is 54.5 Å². The average molecular weight is 463 g/mol. The summed E-state index contributed by atoms with van der Waals surface area (Å²) >= 11 is 3.52. The van der Waals surface area contributed by atoms with E-state index in [1.165, 1.54) is 10.9 Å². The number of rotatable bonds is 6. The smallest absolute Gasteiger partial charge is 0.178 e. The van der Waals surface area contributed by atoms with Gasteiger partial charge in [-0.25, -0.2) is 14.9 Å². The number of aryl methyl sites for hydroxylation is 1. The molecule has 0 spiro atoms. The van der Waals surface area contributed by atoms with Crippen LogP contribution < -0.4 is 4.90 Å². The molecule has 1 fully saturated rings. The Bertz CT molecular complexity index is 944. The van der Waals surface area contributed by atoms with Crippen LogP contribution in [0.1, 0.15) is 54.7 Å². The van der Waals surface area contributed by atoms with E-state index >= 15 is 4.39 Å². The molecule has 9 heteroatoms. The Hall–Kier alpha value is -1.84. The van der Waals surface area contributed by atoms with Crippen LogP contribution >= 0.6 is 23.1 Å². The molecule has 0 amide bonds. The zero-order valence-electron chi connectivity index (χ0n) is 18.8. The van der Waals surface area contributed by atoms with Gasteiger partial charge in [-0.3, -0.25) is 10.3 Å². The molecule has 0 saturated carbocycles. The summed E-state index contributed by atoms with van der Waals surface area (Å²) in [7, 11) is 0. The lowest BCUT2D eigenvalue weighted by molar-refractivity contribution is 0.211. The quantitative estimate of drug-likeness (QED) is 0.310. The van der Waals surface area contributed by atoms with Crippen LogP contribution in [0.2, 0.25) is 0 Å². The van der Waals surface area contributed by atoms with Gasteiger partial charge in [-0.15, -0.1) is 28.2 Å². The standard InChI is InChI=1S/C22H31FN6S2/c1-13(2)8-17-9-18(23)20(21(24)27-25)19(10-17)28-6-7-29(16(5)30-12-28)15(4)22-26-11-14(3)31-22/h9-11,13,15-16,24-25H,6-8,12H2,1-5H3/t15?,16-/m1/s1. The predicted molar refractivity (Wildman–Crippen MR) is 128 cm³/mol. The van der Waals surface area contributed by atoms with Crippen LogP contribution in [0.15, 0.2) is 23.4 Å². The number of aromatic nitrogens is 1. The fourth-order valence-electron chi connectivity index (χ4n) is 3.96. The minimum atomic E-state index is -0.472. The van der Waals surface area contributed by atoms with E-state index < -0.39 is 5.82 Å². The number of hydrogen-bond donors (Lipinski definition) is 2. The molecular weight excluding hydrogens is 431 g/mol. The van der Waals surface area contributed by atoms with Crippen molar-refractivity contribution in [3.05, 3.63) is 45.2 Å². The third kappa shape index (κ3) is 5.51. The van der Waals surface area contributed by atoms with Crippen LogP contribution in [0.3, 0.4) is 0 Å². The van der Waals surface area contributed by atoms with Crippen molar-refractivity contribution in [2.24, 2.45) is 11.0 Å². The highest BCUT2D eigenvalue weighted by atomic mass is 32.2. The number of thioether (sulfide) groups is 1. The fourth-order valence-corrected chi connectivity index (χ4v) is 5.95. The van der Waals surface area contributed by atoms with E-state index in [9.17, 15) is 0 Å². The van der Waals surface area contributed by atoms with Gasteiger partial charge in [0.2, 0.25) is 0 Å². The van der Waals surface area contributed by atoms with E-state index in [0.717, 1.165) is 23.5 Å². The SMILES string of the molecule is Cc1cnc(C(C)N2CCN(c3cc(CC(C)C)cc(F)c3C(=N)N=N)CS[C@@H]2C)s1. The second-order valence-corrected chi connectivity index (χ2v) is 11.0. The molecule has 2 atom stereocenters. The Morgan fingerprint density at radius 3 is 2.68 bits per heavy atom. The number of nitrogens with one attached hydrogen (secondary N) is 2. The third-order valence-corrected chi connectivity index (χ3v) is 7.82. The Kier molecular flexibility index (Phi) is 7.82. The van der Waals surface area contributed by atoms with E-state index in [1.807, 2.05) is 12.3 Å². The lowest BCUT2D eigenvalue weighted by Crippen LogP contribution is -2.36. The molecule has 1 aliphatic heterocycles. The maximum Gasteiger partial charge on any atom is 0.178 e. The van der Waals surface area contributed by atoms with Crippen molar-refractivity contribution >= 4 is 34.6 Å². The van der Waals surface area contributed by atoms with Crippen molar-refractivity contribution in [2.75, 3.05) is 23.9 Å². The van der Waals surface area contributed by atoms with Gasteiger partial charge in [0.1, 0.15) is 10.8 Å². The normalized spacial score (nSPS) is 18.8. The molecule has 1 saturated heterocycles. The summed E-state index contributed by atoms with van der Waals surface area (Å²) in [4.78, 5) is 10.3. The summed E-state index contributed by atoms with van der Waals surface area (Å²) in [6, 6.07) is 3.67. The molecule has 1 aromatic heterocycles. The van der Waals surface area contributed by atoms with Gasteiger partial charge >= 0.3 is 0 Å². The molecule has 1 aliphatic rings. The molecular formula is C22H31FN6S2. The maximum atomic E-state index is 15.0. The molecule has 2 N–H and O–H groups in total. The lowest BCUT2D eigenvalue weighted by atomic mass is 9.99. The molecule has 1 aromatic carbocycles. The largest absolute Gasteiger partial charge is 0.360 e. The first-order valence-electron chi connectivity index (χ1n) is 10.5. The van der Waals surface area contributed by atoms with Crippen molar-refractivity contribution < 1.29 is 4.39 Å². The van der Waals surface area contributed by atoms with Crippen LogP contribution in [0.25, 0.3) is 0 Å². The molecule has 31 heavy (non-hydrogen) atoms. The summed E-state index contributed by atoms with van der Waals surface area (Å²) in [5, 5.41) is 12.7. The molecule has 6 nitrogen and oxygen atoms in total. The van der Waals surface area contributed by atoms with Crippen molar-refractivity contribution in [2.45, 2.75) is 52.5 Å². The Morgan fingerprint density at radius 1 is 1.32 bits per heavy atom. The summed E-state index contributed by atoms with van der Waals surface area (Å²) in [6.45, 7) is 12.2. The van der Waals surface area contributed by atoms with Gasteiger partial charge in [0, 0.05) is 24.2 Å². The van der Waals surface area contributed by atoms with Crippen LogP contribution in [0.5, 0.6) is 0 Å². The van der Waals surface area contributed by atoms with Gasteiger partial charge in [-0.1, -0.05) is 13.8 Å². The zero-order chi connectivity index (χ0) is 22.7. The van der Waals surface area contributed by atoms with E-state index in [1.54, 1.807) is 23.1 Å². The van der Waals surface area contributed by atoms with Crippen molar-refractivity contribution in [3.63, 3.8) is 0 Å². The molecule has 3 rings (SSSR count). The maximum absolute atomic E-state index is 15.0. The van der Waals surface area contributed by atoms with Crippen LogP contribution in [0.4, 0.5) is 10.1 Å². The second kappa shape index (κ2) is 10.2. The summed E-state index contributed by atoms with van der Waals surface area (Å²) in [5.74, 6) is 0.272. The molecule has 168 valence electrons. The number of halogens is 1. The van der Waals surface area contributed by atoms with E-state index in [4.69, 9.17) is 10.9 Å². The summed E-state index contributed by atoms with van der Waals surface area (Å²) < 4.78 is 15.0. The first-order chi connectivity index (χ1) is 14.7. The molecule has 1 unspecified atom stereocenters. The summed E-state index contributed by atoms with van der Waals surface area (Å²) in [6.07, 6.45) is 2.68. The number of thiazole rings is 1. The predicted octanol–water partition coefficient (Wildman–Crippen LogP) is 6.07. The molecule has 2 aromatic rings. The highest BCUT2D eigenvalue weighted by molar-refractivity contribution is 7.99. The Balaban J connectivity index is 1.91. The van der Waals surface area contributed by atoms with Crippen LogP contribution in [-0.2, 0) is 6.42 Å². The number of hydrogen-bond acceptors (Lipinski definition) is 7. The number of amidine groups is 1. The van der Waals surface area contributed by atoms with E-state index in [-0.39, 0.29) is 22.8 Å². The molecule has 0 bridgehead atoms. The highest BCUT2D eigenvalue weighted by Crippen LogP contribution is 2.35. The topological polar surface area (TPSA) is 79.4 Å². The zero-order valence-corrected chi connectivity index (χ0v) is 20.4.